The van der Waals surface area contributed by atoms with Crippen LogP contribution in [0.5, 0.6) is 0 Å². The Labute approximate surface area is 41.5 Å². The highest BCUT2D eigenvalue weighted by Gasteiger charge is 2.00. The average Bonchev–Trinajstić information content (AvgIpc) is 2.14. The van der Waals surface area contributed by atoms with Crippen LogP contribution in [0.3, 0.4) is 0 Å². The van der Waals surface area contributed by atoms with Gasteiger partial charge in [-0.1, -0.05) is 0 Å². The van der Waals surface area contributed by atoms with Crippen LogP contribution in [0.25, 0.3) is 0 Å². The fourth-order valence-electron chi connectivity index (χ4n) is 0.331. The van der Waals surface area contributed by atoms with E-state index in [9.17, 15) is 0 Å². The molecule has 0 fully saturated rings. The van der Waals surface area contributed by atoms with E-state index in [0.29, 0.717) is 0 Å². The Balaban J connectivity index is 2.22. The van der Waals surface area contributed by atoms with Gasteiger partial charge in [-0.05, 0) is 5.17 Å². The van der Waals surface area contributed by atoms with Crippen LogP contribution in [-0.4, -0.2) is 11.8 Å². The van der Waals surface area contributed by atoms with Crippen molar-refractivity contribution in [3.63, 3.8) is 0 Å². The Hall–Kier alpha value is -0.740. The summed E-state index contributed by atoms with van der Waals surface area (Å²) in [5.41, 5.74) is 9.35. The largest absolute Gasteiger partial charge is 0.391 e. The van der Waals surface area contributed by atoms with Crippen LogP contribution < -0.4 is 11.2 Å². The summed E-state index contributed by atoms with van der Waals surface area (Å²) >= 11 is 0. The fraction of sp³-hybridized carbons (Fsp3) is 0.333. The molecule has 4 heteroatoms. The maximum Gasteiger partial charge on any atom is 0.131 e. The Morgan fingerprint density at radius 3 is 3.00 bits per heavy atom. The summed E-state index contributed by atoms with van der Waals surface area (Å²) in [6.07, 6.45) is 3.10. The molecule has 0 aromatic heterocycles. The first-order chi connectivity index (χ1) is 3.43. The number of hydrazine groups is 1. The van der Waals surface area contributed by atoms with Crippen LogP contribution in [0.4, 0.5) is 0 Å². The number of hydrogen-bond donors (Lipinski definition) is 1. The van der Waals surface area contributed by atoms with E-state index in [0.717, 1.165) is 0 Å². The molecule has 0 aromatic carbocycles. The molecule has 0 bridgehead atoms. The molecule has 1 aliphatic heterocycles. The fourth-order valence-corrected chi connectivity index (χ4v) is 0.331. The molecule has 0 unspecified atom stereocenters. The highest BCUT2D eigenvalue weighted by Crippen LogP contribution is 1.89. The maximum absolute atomic E-state index is 6.70. The first kappa shape index (κ1) is 4.42. The van der Waals surface area contributed by atoms with Crippen molar-refractivity contribution in [2.75, 3.05) is 6.67 Å². The molecule has 0 amide bonds. The van der Waals surface area contributed by atoms with Crippen LogP contribution in [-0.2, 0) is 4.84 Å². The second-order valence-corrected chi connectivity index (χ2v) is 1.07. The van der Waals surface area contributed by atoms with Gasteiger partial charge in [0.05, 0.1) is 6.20 Å². The normalized spacial score (nSPS) is 19.0. The van der Waals surface area contributed by atoms with Gasteiger partial charge >= 0.3 is 0 Å². The molecule has 1 rings (SSSR count). The van der Waals surface area contributed by atoms with E-state index in [1.807, 2.05) is 0 Å². The lowest BCUT2D eigenvalue weighted by Gasteiger charge is -2.08. The number of nitrogens with zero attached hydrogens (tertiary/aromatic N) is 1. The quantitative estimate of drug-likeness (QED) is 0.481. The summed E-state index contributed by atoms with van der Waals surface area (Å²) in [5, 5.41) is 1.29. The Bertz CT molecular complexity index is 74.2. The first-order valence-electron chi connectivity index (χ1n) is 1.93. The summed E-state index contributed by atoms with van der Waals surface area (Å²) < 4.78 is 0. The lowest BCUT2D eigenvalue weighted by molar-refractivity contribution is -0.112. The zero-order valence-corrected chi connectivity index (χ0v) is 3.72. The van der Waals surface area contributed by atoms with Gasteiger partial charge in [0.2, 0.25) is 0 Å². The van der Waals surface area contributed by atoms with E-state index in [-0.39, 0.29) is 6.67 Å². The van der Waals surface area contributed by atoms with E-state index in [1.54, 1.807) is 6.20 Å². The van der Waals surface area contributed by atoms with Crippen LogP contribution in [0, 0.1) is 0 Å². The minimum absolute atomic E-state index is 0.104. The van der Waals surface area contributed by atoms with Crippen molar-refractivity contribution in [3.8, 4) is 0 Å². The van der Waals surface area contributed by atoms with Gasteiger partial charge in [-0.25, -0.2) is 5.73 Å². The van der Waals surface area contributed by atoms with Gasteiger partial charge in [0.1, 0.15) is 12.9 Å². The number of hydrogen-bond acceptors (Lipinski definition) is 3. The van der Waals surface area contributed by atoms with Gasteiger partial charge in [-0.3, -0.25) is 5.43 Å². The Morgan fingerprint density at radius 2 is 2.71 bits per heavy atom. The number of nitrogens with one attached hydrogen (secondary N) is 2. The van der Waals surface area contributed by atoms with Crippen molar-refractivity contribution < 1.29 is 4.84 Å². The maximum atomic E-state index is 6.70. The van der Waals surface area contributed by atoms with Crippen molar-refractivity contribution in [2.24, 2.45) is 0 Å². The summed E-state index contributed by atoms with van der Waals surface area (Å²) in [7, 11) is 0. The van der Waals surface area contributed by atoms with Crippen LogP contribution in [0.15, 0.2) is 12.5 Å². The van der Waals surface area contributed by atoms with Crippen molar-refractivity contribution in [2.45, 2.75) is 0 Å². The van der Waals surface area contributed by atoms with E-state index < -0.39 is 0 Å². The standard InChI is InChI=1S/C3H6N3O/c4-3-6-5-1-2-7-6/h1-2,4-5H,3H2. The molecule has 0 saturated carbocycles. The summed E-state index contributed by atoms with van der Waals surface area (Å²) in [4.78, 5) is 4.66. The highest BCUT2D eigenvalue weighted by molar-refractivity contribution is 4.71. The van der Waals surface area contributed by atoms with E-state index in [2.05, 4.69) is 10.3 Å². The highest BCUT2D eigenvalue weighted by atomic mass is 16.7. The van der Waals surface area contributed by atoms with Gasteiger partial charge in [-0.2, -0.15) is 0 Å². The Kier molecular flexibility index (Phi) is 1.14. The molecule has 1 radical (unpaired) electrons. The van der Waals surface area contributed by atoms with Gasteiger partial charge in [0, 0.05) is 0 Å². The lowest BCUT2D eigenvalue weighted by atomic mass is 11.0. The third-order valence-electron chi connectivity index (χ3n) is 0.618. The van der Waals surface area contributed by atoms with E-state index >= 15 is 0 Å². The van der Waals surface area contributed by atoms with E-state index in [1.165, 1.54) is 11.4 Å². The zero-order valence-electron chi connectivity index (χ0n) is 3.72. The second-order valence-electron chi connectivity index (χ2n) is 1.07. The summed E-state index contributed by atoms with van der Waals surface area (Å²) in [6.45, 7) is 0.104. The van der Waals surface area contributed by atoms with Crippen LogP contribution >= 0.6 is 0 Å². The van der Waals surface area contributed by atoms with Crippen LogP contribution in [0.1, 0.15) is 0 Å². The van der Waals surface area contributed by atoms with E-state index in [4.69, 9.17) is 5.73 Å². The van der Waals surface area contributed by atoms with Crippen molar-refractivity contribution in [1.29, 1.82) is 0 Å². The predicted octanol–water partition coefficient (Wildman–Crippen LogP) is -0.550. The molecule has 7 heavy (non-hydrogen) atoms. The molecule has 0 aromatic rings. The van der Waals surface area contributed by atoms with Gasteiger partial charge < -0.3 is 4.84 Å². The lowest BCUT2D eigenvalue weighted by Crippen LogP contribution is -2.29. The number of rotatable bonds is 1. The van der Waals surface area contributed by atoms with Gasteiger partial charge in [-0.15, -0.1) is 0 Å². The van der Waals surface area contributed by atoms with Crippen molar-refractivity contribution in [3.05, 3.63) is 12.5 Å². The molecule has 2 N–H and O–H groups in total. The molecule has 39 valence electrons. The molecule has 1 heterocycles. The molecule has 0 saturated heterocycles. The summed E-state index contributed by atoms with van der Waals surface area (Å²) in [5.74, 6) is 0. The molecule has 1 aliphatic rings. The minimum Gasteiger partial charge on any atom is -0.391 e. The minimum atomic E-state index is 0.104. The average molecular weight is 100 g/mol. The SMILES string of the molecule is [NH]CN1NC=CO1. The van der Waals surface area contributed by atoms with Crippen molar-refractivity contribution >= 4 is 0 Å². The smallest absolute Gasteiger partial charge is 0.131 e. The molecule has 4 nitrogen and oxygen atoms in total. The van der Waals surface area contributed by atoms with Crippen LogP contribution in [0.2, 0.25) is 0 Å². The molecule has 0 atom stereocenters. The summed E-state index contributed by atoms with van der Waals surface area (Å²) in [6, 6.07) is 0. The predicted molar refractivity (Wildman–Crippen MR) is 23.2 cm³/mol. The molecular weight excluding hydrogens is 94.1 g/mol. The van der Waals surface area contributed by atoms with Gasteiger partial charge in [0.25, 0.3) is 0 Å². The van der Waals surface area contributed by atoms with Crippen molar-refractivity contribution in [1.82, 2.24) is 16.3 Å². The Morgan fingerprint density at radius 1 is 1.86 bits per heavy atom. The first-order valence-corrected chi connectivity index (χ1v) is 1.93. The molecule has 0 aliphatic carbocycles. The monoisotopic (exact) mass is 100 g/mol. The molecule has 0 spiro atoms. The third-order valence-corrected chi connectivity index (χ3v) is 0.618. The zero-order chi connectivity index (χ0) is 5.11. The molecular formula is C3H6N3O. The number of hydroxylamine groups is 1. The topological polar surface area (TPSA) is 48.3 Å². The van der Waals surface area contributed by atoms with Gasteiger partial charge in [0.15, 0.2) is 0 Å². The third kappa shape index (κ3) is 0.819. The second kappa shape index (κ2) is 1.81.